The fourth-order valence-electron chi connectivity index (χ4n) is 11.0. The standard InChI is InChI=1S/C65H73N6O6PS/c1-46(2)71(47(3)4)78(75-40-17-39-66)77-58-42-60(76-59(58)43-74-65(53-20-13-10-14-21-53,54-30-34-56(72-7)35-31-54)55-32-36-57(73-8)37-33-55)70-45-69-61-62(70)67-44-68-63(61)79-41-16-15-38-64(50-18-11-9-12-19-50,51-26-22-48(5)23-27-51)52-28-24-49(6)25-29-52/h9-14,18-37,44-47,58-60H,15-17,38,40-43H2,1-8H3/t58-,59+,60+,78?/m0/s1. The third-order valence-electron chi connectivity index (χ3n) is 14.9. The van der Waals surface area contributed by atoms with Crippen molar-refractivity contribution in [2.45, 2.75) is 120 Å². The molecule has 0 amide bonds. The Hall–Kier alpha value is -6.46. The average molecular weight is 1100 g/mol. The molecule has 14 heteroatoms. The summed E-state index contributed by atoms with van der Waals surface area (Å²) in [6, 6.07) is 57.8. The molecule has 3 heterocycles. The van der Waals surface area contributed by atoms with Gasteiger partial charge in [-0.05, 0) is 118 Å². The zero-order valence-corrected chi connectivity index (χ0v) is 48.4. The molecule has 0 aliphatic carbocycles. The maximum Gasteiger partial charge on any atom is 0.259 e. The molecule has 1 aliphatic rings. The maximum atomic E-state index is 9.58. The molecule has 1 aliphatic heterocycles. The van der Waals surface area contributed by atoms with Crippen LogP contribution < -0.4 is 9.47 Å². The minimum atomic E-state index is -1.65. The van der Waals surface area contributed by atoms with Crippen LogP contribution in [0.5, 0.6) is 11.5 Å². The number of hydrogen-bond donors (Lipinski definition) is 0. The SMILES string of the molecule is COc1ccc(C(OC[C@H]2O[C@@H](n3cnc4c(SCCCCC(c5ccccc5)(c5ccc(C)cc5)c5ccc(C)cc5)ncnc43)C[C@@H]2OP(OCCC#N)N(C(C)C)C(C)C)(c2ccccc2)c2ccc(OC)cc2)cc1. The summed E-state index contributed by atoms with van der Waals surface area (Å²) in [6.07, 6.45) is 5.41. The predicted octanol–water partition coefficient (Wildman–Crippen LogP) is 14.7. The fourth-order valence-corrected chi connectivity index (χ4v) is 13.7. The number of hydrogen-bond acceptors (Lipinski definition) is 12. The van der Waals surface area contributed by atoms with Crippen LogP contribution in [0.2, 0.25) is 0 Å². The lowest BCUT2D eigenvalue weighted by Crippen LogP contribution is -2.39. The van der Waals surface area contributed by atoms with Crippen LogP contribution in [0.25, 0.3) is 11.2 Å². The van der Waals surface area contributed by atoms with Crippen LogP contribution in [0.3, 0.4) is 0 Å². The fraction of sp³-hybridized carbons (Fsp3) is 0.354. The van der Waals surface area contributed by atoms with Crippen LogP contribution in [0.15, 0.2) is 175 Å². The minimum absolute atomic E-state index is 0.0925. The van der Waals surface area contributed by atoms with Crippen molar-refractivity contribution >= 4 is 31.5 Å². The molecule has 0 saturated carbocycles. The van der Waals surface area contributed by atoms with Crippen LogP contribution in [-0.2, 0) is 29.5 Å². The van der Waals surface area contributed by atoms with E-state index in [2.05, 4.69) is 168 Å². The number of methoxy groups -OCH3 is 2. The van der Waals surface area contributed by atoms with E-state index in [-0.39, 0.29) is 37.1 Å². The first kappa shape index (κ1) is 57.2. The van der Waals surface area contributed by atoms with Crippen molar-refractivity contribution in [3.8, 4) is 17.6 Å². The number of nitrogens with zero attached hydrogens (tertiary/aromatic N) is 6. The van der Waals surface area contributed by atoms with Gasteiger partial charge in [-0.25, -0.2) is 19.6 Å². The Balaban J connectivity index is 1.01. The lowest BCUT2D eigenvalue weighted by Gasteiger charge is -2.39. The molecular formula is C65H73N6O6PS. The van der Waals surface area contributed by atoms with Crippen LogP contribution in [0.4, 0.5) is 0 Å². The Morgan fingerprint density at radius 3 is 1.77 bits per heavy atom. The summed E-state index contributed by atoms with van der Waals surface area (Å²) >= 11 is 1.71. The molecule has 0 spiro atoms. The number of benzene rings is 6. The number of thioether (sulfide) groups is 1. The second kappa shape index (κ2) is 26.7. The molecule has 1 unspecified atom stereocenters. The second-order valence-electron chi connectivity index (χ2n) is 20.7. The Morgan fingerprint density at radius 2 is 1.23 bits per heavy atom. The average Bonchev–Trinajstić information content (AvgIpc) is 4.16. The Morgan fingerprint density at radius 1 is 0.696 bits per heavy atom. The largest absolute Gasteiger partial charge is 0.497 e. The van der Waals surface area contributed by atoms with Gasteiger partial charge >= 0.3 is 0 Å². The topological polar surface area (TPSA) is 126 Å². The van der Waals surface area contributed by atoms with Crippen molar-refractivity contribution in [3.63, 3.8) is 0 Å². The zero-order chi connectivity index (χ0) is 55.4. The smallest absolute Gasteiger partial charge is 0.259 e. The molecule has 4 atom stereocenters. The summed E-state index contributed by atoms with van der Waals surface area (Å²) in [7, 11) is 1.69. The first-order valence-corrected chi connectivity index (χ1v) is 29.5. The van der Waals surface area contributed by atoms with Crippen LogP contribution in [-0.4, -0.2) is 81.7 Å². The van der Waals surface area contributed by atoms with Crippen molar-refractivity contribution in [2.24, 2.45) is 0 Å². The van der Waals surface area contributed by atoms with E-state index in [4.69, 9.17) is 42.9 Å². The van der Waals surface area contributed by atoms with Crippen LogP contribution in [0, 0.1) is 25.2 Å². The Bertz CT molecular complexity index is 3110. The number of nitriles is 1. The normalized spacial score (nSPS) is 16.2. The molecule has 410 valence electrons. The first-order chi connectivity index (χ1) is 38.5. The zero-order valence-electron chi connectivity index (χ0n) is 46.7. The van der Waals surface area contributed by atoms with Crippen LogP contribution >= 0.6 is 20.3 Å². The highest BCUT2D eigenvalue weighted by Gasteiger charge is 2.45. The Kier molecular flexibility index (Phi) is 19.3. The summed E-state index contributed by atoms with van der Waals surface area (Å²) in [4.78, 5) is 14.6. The Labute approximate surface area is 472 Å². The quantitative estimate of drug-likeness (QED) is 0.0168. The number of fused-ring (bicyclic) bond motifs is 1. The van der Waals surface area contributed by atoms with E-state index in [0.29, 0.717) is 12.1 Å². The van der Waals surface area contributed by atoms with E-state index in [9.17, 15) is 5.26 Å². The molecular weight excluding hydrogens is 1020 g/mol. The molecule has 79 heavy (non-hydrogen) atoms. The number of ether oxygens (including phenoxy) is 4. The van der Waals surface area contributed by atoms with E-state index in [1.807, 2.05) is 53.4 Å². The molecule has 6 aromatic carbocycles. The number of imidazole rings is 1. The summed E-state index contributed by atoms with van der Waals surface area (Å²) in [5.41, 5.74) is 9.09. The number of aryl methyl sites for hydroxylation is 2. The van der Waals surface area contributed by atoms with Gasteiger partial charge in [-0.15, -0.1) is 11.8 Å². The van der Waals surface area contributed by atoms with Gasteiger partial charge in [0.2, 0.25) is 0 Å². The number of rotatable bonds is 26. The summed E-state index contributed by atoms with van der Waals surface area (Å²) in [5, 5.41) is 10.4. The van der Waals surface area contributed by atoms with Crippen molar-refractivity contribution < 1.29 is 28.0 Å². The monoisotopic (exact) mass is 1100 g/mol. The molecule has 2 aromatic heterocycles. The van der Waals surface area contributed by atoms with Gasteiger partial charge in [-0.2, -0.15) is 5.26 Å². The molecule has 9 rings (SSSR count). The lowest BCUT2D eigenvalue weighted by atomic mass is 9.66. The molecule has 12 nitrogen and oxygen atoms in total. The van der Waals surface area contributed by atoms with Crippen molar-refractivity contribution in [3.05, 3.63) is 215 Å². The van der Waals surface area contributed by atoms with E-state index in [1.54, 1.807) is 32.3 Å². The number of aromatic nitrogens is 4. The van der Waals surface area contributed by atoms with E-state index >= 15 is 0 Å². The van der Waals surface area contributed by atoms with Crippen LogP contribution in [0.1, 0.15) is 111 Å². The van der Waals surface area contributed by atoms with Gasteiger partial charge in [0.1, 0.15) is 46.3 Å². The van der Waals surface area contributed by atoms with Gasteiger partial charge in [-0.3, -0.25) is 4.57 Å². The van der Waals surface area contributed by atoms with Gasteiger partial charge < -0.3 is 28.0 Å². The lowest BCUT2D eigenvalue weighted by molar-refractivity contribution is -0.0912. The van der Waals surface area contributed by atoms with Gasteiger partial charge in [0.05, 0.1) is 52.4 Å². The van der Waals surface area contributed by atoms with Gasteiger partial charge in [0.25, 0.3) is 8.53 Å². The highest BCUT2D eigenvalue weighted by atomic mass is 32.2. The molecule has 1 fully saturated rings. The summed E-state index contributed by atoms with van der Waals surface area (Å²) < 4.78 is 43.9. The van der Waals surface area contributed by atoms with Crippen molar-refractivity contribution in [1.82, 2.24) is 24.2 Å². The van der Waals surface area contributed by atoms with E-state index in [1.165, 1.54) is 27.8 Å². The maximum absolute atomic E-state index is 9.58. The third kappa shape index (κ3) is 12.8. The summed E-state index contributed by atoms with van der Waals surface area (Å²) in [5.74, 6) is 2.32. The third-order valence-corrected chi connectivity index (χ3v) is 18.1. The molecule has 1 saturated heterocycles. The molecule has 0 bridgehead atoms. The summed E-state index contributed by atoms with van der Waals surface area (Å²) in [6.45, 7) is 13.2. The first-order valence-electron chi connectivity index (χ1n) is 27.4. The molecule has 0 radical (unpaired) electrons. The minimum Gasteiger partial charge on any atom is -0.497 e. The predicted molar refractivity (Wildman–Crippen MR) is 315 cm³/mol. The van der Waals surface area contributed by atoms with Gasteiger partial charge in [0, 0.05) is 23.9 Å². The van der Waals surface area contributed by atoms with Crippen molar-refractivity contribution in [1.29, 1.82) is 5.26 Å². The highest BCUT2D eigenvalue weighted by molar-refractivity contribution is 7.99. The highest BCUT2D eigenvalue weighted by Crippen LogP contribution is 2.51. The van der Waals surface area contributed by atoms with E-state index in [0.717, 1.165) is 63.7 Å². The second-order valence-corrected chi connectivity index (χ2v) is 23.2. The molecule has 8 aromatic rings. The van der Waals surface area contributed by atoms with Gasteiger partial charge in [-0.1, -0.05) is 151 Å². The van der Waals surface area contributed by atoms with Crippen molar-refractivity contribution in [2.75, 3.05) is 33.2 Å². The van der Waals surface area contributed by atoms with Gasteiger partial charge in [0.15, 0.2) is 5.65 Å². The van der Waals surface area contributed by atoms with E-state index < -0.39 is 32.6 Å². The number of unbranched alkanes of at least 4 members (excludes halogenated alkanes) is 1. The molecule has 0 N–H and O–H groups in total.